The Labute approximate surface area is 141 Å². The van der Waals surface area contributed by atoms with Crippen LogP contribution in [0.1, 0.15) is 31.2 Å². The topological polar surface area (TPSA) is 41.6 Å². The lowest BCUT2D eigenvalue weighted by Gasteiger charge is -2.32. The Morgan fingerprint density at radius 1 is 1.26 bits per heavy atom. The van der Waals surface area contributed by atoms with Gasteiger partial charge in [-0.25, -0.2) is 0 Å². The SMILES string of the molecule is O=C(NC1CCN2CCCCC12)C1=Cc2cc(Cl)ccc2OC1. The average molecular weight is 333 g/mol. The first-order chi connectivity index (χ1) is 11.2. The predicted molar refractivity (Wildman–Crippen MR) is 90.7 cm³/mol. The normalized spacial score (nSPS) is 26.7. The summed E-state index contributed by atoms with van der Waals surface area (Å²) in [5, 5.41) is 3.88. The number of hydrogen-bond acceptors (Lipinski definition) is 3. The molecule has 1 aromatic rings. The van der Waals surface area contributed by atoms with Gasteiger partial charge in [0.25, 0.3) is 5.91 Å². The molecule has 3 heterocycles. The zero-order valence-electron chi connectivity index (χ0n) is 13.1. The standard InChI is InChI=1S/C18H21ClN2O2/c19-14-4-5-17-12(10-14)9-13(11-23-17)18(22)20-15-6-8-21-7-2-1-3-16(15)21/h4-5,9-10,15-16H,1-3,6-8,11H2,(H,20,22). The van der Waals surface area contributed by atoms with Gasteiger partial charge in [0.15, 0.2) is 0 Å². The molecule has 0 saturated carbocycles. The highest BCUT2D eigenvalue weighted by atomic mass is 35.5. The number of ether oxygens (including phenoxy) is 1. The lowest BCUT2D eigenvalue weighted by molar-refractivity contribution is -0.118. The van der Waals surface area contributed by atoms with Crippen LogP contribution < -0.4 is 10.1 Å². The number of piperidine rings is 1. The van der Waals surface area contributed by atoms with Crippen LogP contribution in [0, 0.1) is 0 Å². The van der Waals surface area contributed by atoms with E-state index in [0.717, 1.165) is 24.3 Å². The van der Waals surface area contributed by atoms with Crippen LogP contribution in [0.3, 0.4) is 0 Å². The third-order valence-electron chi connectivity index (χ3n) is 5.15. The molecule has 0 bridgehead atoms. The van der Waals surface area contributed by atoms with Gasteiger partial charge in [-0.15, -0.1) is 0 Å². The summed E-state index contributed by atoms with van der Waals surface area (Å²) in [7, 11) is 0. The highest BCUT2D eigenvalue weighted by Crippen LogP contribution is 2.30. The molecule has 4 nitrogen and oxygen atoms in total. The number of carbonyl (C=O) groups excluding carboxylic acids is 1. The van der Waals surface area contributed by atoms with E-state index in [4.69, 9.17) is 16.3 Å². The van der Waals surface area contributed by atoms with Crippen molar-refractivity contribution in [1.82, 2.24) is 10.2 Å². The summed E-state index contributed by atoms with van der Waals surface area (Å²) >= 11 is 6.03. The Morgan fingerprint density at radius 3 is 3.09 bits per heavy atom. The van der Waals surface area contributed by atoms with E-state index < -0.39 is 0 Å². The van der Waals surface area contributed by atoms with Crippen LogP contribution in [0.25, 0.3) is 6.08 Å². The molecule has 0 radical (unpaired) electrons. The van der Waals surface area contributed by atoms with Crippen molar-refractivity contribution in [2.45, 2.75) is 37.8 Å². The maximum atomic E-state index is 12.6. The molecule has 1 N–H and O–H groups in total. The maximum absolute atomic E-state index is 12.6. The number of carbonyl (C=O) groups is 1. The Bertz CT molecular complexity index is 658. The number of nitrogens with one attached hydrogen (secondary N) is 1. The van der Waals surface area contributed by atoms with Crippen LogP contribution in [-0.4, -0.2) is 42.6 Å². The van der Waals surface area contributed by atoms with Crippen molar-refractivity contribution in [3.05, 3.63) is 34.4 Å². The van der Waals surface area contributed by atoms with Gasteiger partial charge in [0.05, 0.1) is 5.57 Å². The van der Waals surface area contributed by atoms with E-state index in [-0.39, 0.29) is 11.9 Å². The Balaban J connectivity index is 1.47. The first kappa shape index (κ1) is 15.0. The number of nitrogens with zero attached hydrogens (tertiary/aromatic N) is 1. The van der Waals surface area contributed by atoms with E-state index in [1.807, 2.05) is 18.2 Å². The summed E-state index contributed by atoms with van der Waals surface area (Å²) in [6, 6.07) is 6.26. The highest BCUT2D eigenvalue weighted by molar-refractivity contribution is 6.30. The van der Waals surface area contributed by atoms with E-state index in [1.165, 1.54) is 25.8 Å². The predicted octanol–water partition coefficient (Wildman–Crippen LogP) is 2.86. The lowest BCUT2D eigenvalue weighted by atomic mass is 9.98. The molecule has 5 heteroatoms. The van der Waals surface area contributed by atoms with E-state index in [2.05, 4.69) is 10.2 Å². The minimum atomic E-state index is -0.00644. The highest BCUT2D eigenvalue weighted by Gasteiger charge is 2.36. The second kappa shape index (κ2) is 6.17. The Morgan fingerprint density at radius 2 is 2.17 bits per heavy atom. The lowest BCUT2D eigenvalue weighted by Crippen LogP contribution is -2.47. The molecule has 4 rings (SSSR count). The molecule has 1 amide bonds. The van der Waals surface area contributed by atoms with Gasteiger partial charge in [-0.2, -0.15) is 0 Å². The van der Waals surface area contributed by atoms with E-state index in [1.54, 1.807) is 6.07 Å². The maximum Gasteiger partial charge on any atom is 0.250 e. The Hall–Kier alpha value is -1.52. The molecular weight excluding hydrogens is 312 g/mol. The molecule has 3 aliphatic heterocycles. The molecule has 2 fully saturated rings. The quantitative estimate of drug-likeness (QED) is 0.905. The van der Waals surface area contributed by atoms with Crippen LogP contribution in [0.4, 0.5) is 0 Å². The third kappa shape index (κ3) is 2.98. The largest absolute Gasteiger partial charge is 0.488 e. The summed E-state index contributed by atoms with van der Waals surface area (Å²) in [4.78, 5) is 15.1. The molecule has 2 saturated heterocycles. The van der Waals surface area contributed by atoms with Crippen LogP contribution in [0.15, 0.2) is 23.8 Å². The van der Waals surface area contributed by atoms with Gasteiger partial charge in [0.1, 0.15) is 12.4 Å². The zero-order chi connectivity index (χ0) is 15.8. The monoisotopic (exact) mass is 332 g/mol. The fourth-order valence-corrected chi connectivity index (χ4v) is 4.14. The van der Waals surface area contributed by atoms with E-state index in [0.29, 0.717) is 23.2 Å². The fourth-order valence-electron chi connectivity index (χ4n) is 3.96. The van der Waals surface area contributed by atoms with Crippen molar-refractivity contribution in [2.75, 3.05) is 19.7 Å². The first-order valence-corrected chi connectivity index (χ1v) is 8.76. The smallest absolute Gasteiger partial charge is 0.250 e. The summed E-state index contributed by atoms with van der Waals surface area (Å²) in [5.74, 6) is 0.776. The molecule has 0 aromatic heterocycles. The van der Waals surface area contributed by atoms with Gasteiger partial charge in [-0.1, -0.05) is 18.0 Å². The van der Waals surface area contributed by atoms with E-state index in [9.17, 15) is 4.79 Å². The zero-order valence-corrected chi connectivity index (χ0v) is 13.8. The summed E-state index contributed by atoms with van der Waals surface area (Å²) in [5.41, 5.74) is 1.55. The van der Waals surface area contributed by atoms with Gasteiger partial charge in [-0.05, 0) is 50.1 Å². The van der Waals surface area contributed by atoms with Gasteiger partial charge in [0, 0.05) is 29.2 Å². The summed E-state index contributed by atoms with van der Waals surface area (Å²) in [6.45, 7) is 2.60. The molecule has 1 aromatic carbocycles. The number of benzene rings is 1. The summed E-state index contributed by atoms with van der Waals surface area (Å²) in [6.07, 6.45) is 6.69. The van der Waals surface area contributed by atoms with Crippen LogP contribution >= 0.6 is 11.6 Å². The molecular formula is C18H21ClN2O2. The van der Waals surface area contributed by atoms with Crippen molar-refractivity contribution in [2.24, 2.45) is 0 Å². The number of fused-ring (bicyclic) bond motifs is 2. The van der Waals surface area contributed by atoms with E-state index >= 15 is 0 Å². The van der Waals surface area contributed by atoms with Crippen molar-refractivity contribution in [1.29, 1.82) is 0 Å². The summed E-state index contributed by atoms with van der Waals surface area (Å²) < 4.78 is 5.69. The van der Waals surface area contributed by atoms with Gasteiger partial charge >= 0.3 is 0 Å². The van der Waals surface area contributed by atoms with Crippen molar-refractivity contribution in [3.8, 4) is 5.75 Å². The van der Waals surface area contributed by atoms with Crippen LogP contribution in [0.2, 0.25) is 5.02 Å². The van der Waals surface area contributed by atoms with Crippen LogP contribution in [0.5, 0.6) is 5.75 Å². The molecule has 2 atom stereocenters. The Kier molecular flexibility index (Phi) is 4.04. The number of hydrogen-bond donors (Lipinski definition) is 1. The molecule has 23 heavy (non-hydrogen) atoms. The second-order valence-electron chi connectivity index (χ2n) is 6.61. The van der Waals surface area contributed by atoms with Crippen LogP contribution in [-0.2, 0) is 4.79 Å². The second-order valence-corrected chi connectivity index (χ2v) is 7.04. The fraction of sp³-hybridized carbons (Fsp3) is 0.500. The minimum absolute atomic E-state index is 0.00644. The number of halogens is 1. The number of amides is 1. The molecule has 2 unspecified atom stereocenters. The molecule has 0 aliphatic carbocycles. The third-order valence-corrected chi connectivity index (χ3v) is 5.38. The first-order valence-electron chi connectivity index (χ1n) is 8.38. The van der Waals surface area contributed by atoms with Gasteiger partial charge < -0.3 is 10.1 Å². The molecule has 0 spiro atoms. The minimum Gasteiger partial charge on any atom is -0.488 e. The molecule has 3 aliphatic rings. The van der Waals surface area contributed by atoms with Gasteiger partial charge in [0.2, 0.25) is 0 Å². The van der Waals surface area contributed by atoms with Crippen molar-refractivity contribution >= 4 is 23.6 Å². The number of rotatable bonds is 2. The van der Waals surface area contributed by atoms with Crippen molar-refractivity contribution < 1.29 is 9.53 Å². The molecule has 122 valence electrons. The average Bonchev–Trinajstić information content (AvgIpc) is 2.97. The van der Waals surface area contributed by atoms with Gasteiger partial charge in [-0.3, -0.25) is 9.69 Å². The van der Waals surface area contributed by atoms with Crippen molar-refractivity contribution in [3.63, 3.8) is 0 Å².